The zero-order chi connectivity index (χ0) is 11.7. The lowest BCUT2D eigenvalue weighted by molar-refractivity contribution is -0.120. The Morgan fingerprint density at radius 1 is 1.40 bits per heavy atom. The van der Waals surface area contributed by atoms with E-state index in [9.17, 15) is 4.79 Å². The van der Waals surface area contributed by atoms with Crippen molar-refractivity contribution in [3.05, 3.63) is 0 Å². The Labute approximate surface area is 93.4 Å². The van der Waals surface area contributed by atoms with Crippen molar-refractivity contribution in [3.8, 4) is 0 Å². The quantitative estimate of drug-likeness (QED) is 0.578. The molecular formula is C11H25N3O. The molecule has 0 spiro atoms. The summed E-state index contributed by atoms with van der Waals surface area (Å²) in [4.78, 5) is 13.4. The van der Waals surface area contributed by atoms with E-state index in [1.807, 2.05) is 6.92 Å². The molecule has 0 rings (SSSR count). The number of hydrogen-bond acceptors (Lipinski definition) is 3. The van der Waals surface area contributed by atoms with Gasteiger partial charge in [-0.15, -0.1) is 0 Å². The van der Waals surface area contributed by atoms with Gasteiger partial charge < -0.3 is 15.5 Å². The van der Waals surface area contributed by atoms with Crippen molar-refractivity contribution >= 4 is 5.91 Å². The fraction of sp³-hybridized carbons (Fsp3) is 0.909. The molecular weight excluding hydrogens is 190 g/mol. The number of likely N-dealkylation sites (N-methyl/N-ethyl adjacent to an activating group) is 2. The van der Waals surface area contributed by atoms with Crippen LogP contribution in [0.2, 0.25) is 0 Å². The molecule has 1 atom stereocenters. The summed E-state index contributed by atoms with van der Waals surface area (Å²) in [6.45, 7) is 9.28. The highest BCUT2D eigenvalue weighted by molar-refractivity contribution is 5.77. The molecule has 1 amide bonds. The molecule has 0 radical (unpaired) electrons. The van der Waals surface area contributed by atoms with Crippen LogP contribution < -0.4 is 10.6 Å². The van der Waals surface area contributed by atoms with Crippen molar-refractivity contribution in [1.29, 1.82) is 0 Å². The van der Waals surface area contributed by atoms with Gasteiger partial charge in [-0.05, 0) is 27.3 Å². The fourth-order valence-corrected chi connectivity index (χ4v) is 1.25. The second-order valence-electron chi connectivity index (χ2n) is 3.87. The number of carbonyl (C=O) groups is 1. The fourth-order valence-electron chi connectivity index (χ4n) is 1.25. The molecule has 90 valence electrons. The van der Waals surface area contributed by atoms with Crippen molar-refractivity contribution < 1.29 is 4.79 Å². The molecule has 0 aliphatic rings. The van der Waals surface area contributed by atoms with Gasteiger partial charge in [0.2, 0.25) is 5.91 Å². The van der Waals surface area contributed by atoms with E-state index >= 15 is 0 Å². The topological polar surface area (TPSA) is 44.4 Å². The van der Waals surface area contributed by atoms with E-state index in [0.29, 0.717) is 19.1 Å². The molecule has 0 aliphatic heterocycles. The van der Waals surface area contributed by atoms with Crippen LogP contribution in [0.5, 0.6) is 0 Å². The van der Waals surface area contributed by atoms with Gasteiger partial charge in [0.1, 0.15) is 0 Å². The van der Waals surface area contributed by atoms with Gasteiger partial charge in [0.25, 0.3) is 0 Å². The van der Waals surface area contributed by atoms with E-state index in [0.717, 1.165) is 19.5 Å². The van der Waals surface area contributed by atoms with Gasteiger partial charge in [0, 0.05) is 25.7 Å². The first kappa shape index (κ1) is 14.4. The number of rotatable bonds is 8. The van der Waals surface area contributed by atoms with E-state index in [2.05, 4.69) is 36.4 Å². The lowest BCUT2D eigenvalue weighted by atomic mass is 10.2. The lowest BCUT2D eigenvalue weighted by Crippen LogP contribution is -2.39. The summed E-state index contributed by atoms with van der Waals surface area (Å²) in [6, 6.07) is 0.608. The summed E-state index contributed by atoms with van der Waals surface area (Å²) < 4.78 is 0. The molecule has 0 heterocycles. The van der Waals surface area contributed by atoms with E-state index in [-0.39, 0.29) is 5.91 Å². The number of nitrogens with one attached hydrogen (secondary N) is 2. The van der Waals surface area contributed by atoms with Crippen LogP contribution in [0.4, 0.5) is 0 Å². The number of carbonyl (C=O) groups excluding carboxylic acids is 1. The minimum Gasteiger partial charge on any atom is -0.355 e. The van der Waals surface area contributed by atoms with Crippen molar-refractivity contribution in [2.75, 3.05) is 33.2 Å². The average Bonchev–Trinajstić information content (AvgIpc) is 2.23. The standard InChI is InChI=1S/C11H25N3O/c1-5-10(3)14(4)8-7-12-9-11(15)13-6-2/h10,12H,5-9H2,1-4H3,(H,13,15). The third-order valence-corrected chi connectivity index (χ3v) is 2.64. The number of hydrogen-bond donors (Lipinski definition) is 2. The van der Waals surface area contributed by atoms with Crippen molar-refractivity contribution in [1.82, 2.24) is 15.5 Å². The largest absolute Gasteiger partial charge is 0.355 e. The zero-order valence-corrected chi connectivity index (χ0v) is 10.5. The maximum absolute atomic E-state index is 11.1. The van der Waals surface area contributed by atoms with Crippen LogP contribution >= 0.6 is 0 Å². The molecule has 0 aromatic carbocycles. The normalized spacial score (nSPS) is 12.9. The Bertz CT molecular complexity index is 173. The van der Waals surface area contributed by atoms with Gasteiger partial charge in [0.15, 0.2) is 0 Å². The first-order chi connectivity index (χ1) is 7.11. The average molecular weight is 215 g/mol. The maximum atomic E-state index is 11.1. The SMILES string of the molecule is CCNC(=O)CNCCN(C)C(C)CC. The minimum absolute atomic E-state index is 0.0729. The van der Waals surface area contributed by atoms with Crippen molar-refractivity contribution in [2.24, 2.45) is 0 Å². The smallest absolute Gasteiger partial charge is 0.233 e. The Morgan fingerprint density at radius 3 is 2.60 bits per heavy atom. The molecule has 0 fully saturated rings. The molecule has 0 bridgehead atoms. The van der Waals surface area contributed by atoms with Gasteiger partial charge in [-0.3, -0.25) is 4.79 Å². The monoisotopic (exact) mass is 215 g/mol. The van der Waals surface area contributed by atoms with Gasteiger partial charge in [0.05, 0.1) is 6.54 Å². The first-order valence-electron chi connectivity index (χ1n) is 5.79. The van der Waals surface area contributed by atoms with Crippen LogP contribution in [0.3, 0.4) is 0 Å². The summed E-state index contributed by atoms with van der Waals surface area (Å²) >= 11 is 0. The van der Waals surface area contributed by atoms with Gasteiger partial charge >= 0.3 is 0 Å². The third-order valence-electron chi connectivity index (χ3n) is 2.64. The predicted octanol–water partition coefficient (Wildman–Crippen LogP) is 0.442. The summed E-state index contributed by atoms with van der Waals surface area (Å²) in [7, 11) is 2.11. The second kappa shape index (κ2) is 8.68. The summed E-state index contributed by atoms with van der Waals surface area (Å²) in [5.41, 5.74) is 0. The first-order valence-corrected chi connectivity index (χ1v) is 5.79. The highest BCUT2D eigenvalue weighted by atomic mass is 16.1. The molecule has 4 nitrogen and oxygen atoms in total. The Morgan fingerprint density at radius 2 is 2.07 bits per heavy atom. The van der Waals surface area contributed by atoms with Crippen LogP contribution in [0, 0.1) is 0 Å². The summed E-state index contributed by atoms with van der Waals surface area (Å²) in [6.07, 6.45) is 1.16. The molecule has 0 aromatic heterocycles. The molecule has 0 aliphatic carbocycles. The van der Waals surface area contributed by atoms with Gasteiger partial charge in [-0.25, -0.2) is 0 Å². The second-order valence-corrected chi connectivity index (χ2v) is 3.87. The minimum atomic E-state index is 0.0729. The summed E-state index contributed by atoms with van der Waals surface area (Å²) in [5, 5.41) is 5.88. The van der Waals surface area contributed by atoms with E-state index in [1.54, 1.807) is 0 Å². The predicted molar refractivity (Wildman–Crippen MR) is 63.9 cm³/mol. The summed E-state index contributed by atoms with van der Waals surface area (Å²) in [5.74, 6) is 0.0729. The highest BCUT2D eigenvalue weighted by Gasteiger charge is 2.05. The molecule has 15 heavy (non-hydrogen) atoms. The maximum Gasteiger partial charge on any atom is 0.233 e. The van der Waals surface area contributed by atoms with Crippen LogP contribution in [-0.2, 0) is 4.79 Å². The number of amides is 1. The molecule has 2 N–H and O–H groups in total. The lowest BCUT2D eigenvalue weighted by Gasteiger charge is -2.23. The van der Waals surface area contributed by atoms with Crippen LogP contribution in [0.25, 0.3) is 0 Å². The van der Waals surface area contributed by atoms with E-state index in [1.165, 1.54) is 0 Å². The van der Waals surface area contributed by atoms with Crippen molar-refractivity contribution in [3.63, 3.8) is 0 Å². The van der Waals surface area contributed by atoms with Crippen LogP contribution in [0.15, 0.2) is 0 Å². The Hall–Kier alpha value is -0.610. The number of nitrogens with zero attached hydrogens (tertiary/aromatic N) is 1. The molecule has 1 unspecified atom stereocenters. The molecule has 0 saturated heterocycles. The van der Waals surface area contributed by atoms with Gasteiger partial charge in [-0.1, -0.05) is 6.92 Å². The third kappa shape index (κ3) is 7.33. The molecule has 0 aromatic rings. The van der Waals surface area contributed by atoms with Crippen molar-refractivity contribution in [2.45, 2.75) is 33.2 Å². The Balaban J connectivity index is 3.41. The van der Waals surface area contributed by atoms with E-state index < -0.39 is 0 Å². The highest BCUT2D eigenvalue weighted by Crippen LogP contribution is 1.97. The zero-order valence-electron chi connectivity index (χ0n) is 10.5. The van der Waals surface area contributed by atoms with Crippen LogP contribution in [0.1, 0.15) is 27.2 Å². The van der Waals surface area contributed by atoms with Crippen LogP contribution in [-0.4, -0.2) is 50.1 Å². The Kier molecular flexibility index (Phi) is 8.33. The molecule has 0 saturated carbocycles. The molecule has 4 heteroatoms. The van der Waals surface area contributed by atoms with Gasteiger partial charge in [-0.2, -0.15) is 0 Å². The van der Waals surface area contributed by atoms with E-state index in [4.69, 9.17) is 0 Å².